The Bertz CT molecular complexity index is 1080. The zero-order chi connectivity index (χ0) is 22.5. The highest BCUT2D eigenvalue weighted by atomic mass is 16.2. The number of likely N-dealkylation sites (tertiary alicyclic amines) is 1. The number of carbonyl (C=O) groups is 3. The number of hydrogen-bond acceptors (Lipinski definition) is 6. The van der Waals surface area contributed by atoms with E-state index in [1.165, 1.54) is 12.8 Å². The van der Waals surface area contributed by atoms with Gasteiger partial charge in [0.05, 0.1) is 17.6 Å². The fraction of sp³-hybridized carbons (Fsp3) is 0.522. The van der Waals surface area contributed by atoms with Gasteiger partial charge < -0.3 is 4.90 Å². The van der Waals surface area contributed by atoms with Crippen LogP contribution in [-0.4, -0.2) is 61.6 Å². The molecule has 3 aliphatic rings. The molecule has 1 atom stereocenters. The van der Waals surface area contributed by atoms with Gasteiger partial charge in [0.1, 0.15) is 6.04 Å². The summed E-state index contributed by atoms with van der Waals surface area (Å²) in [4.78, 5) is 40.5. The van der Waals surface area contributed by atoms with E-state index in [1.54, 1.807) is 15.6 Å². The molecule has 4 heterocycles. The molecule has 1 aromatic carbocycles. The Morgan fingerprint density at radius 2 is 1.94 bits per heavy atom. The molecule has 3 aliphatic heterocycles. The third kappa shape index (κ3) is 3.92. The smallest absolute Gasteiger partial charge is 0.255 e. The lowest BCUT2D eigenvalue weighted by Crippen LogP contribution is -2.52. The summed E-state index contributed by atoms with van der Waals surface area (Å²) in [5.74, 6) is -0.856. The lowest BCUT2D eigenvalue weighted by atomic mass is 9.83. The van der Waals surface area contributed by atoms with Crippen molar-refractivity contribution in [2.24, 2.45) is 5.41 Å². The van der Waals surface area contributed by atoms with Gasteiger partial charge in [0, 0.05) is 25.1 Å². The molecule has 2 aromatic rings. The van der Waals surface area contributed by atoms with Crippen LogP contribution in [0.2, 0.25) is 0 Å². The zero-order valence-electron chi connectivity index (χ0n) is 18.5. The second-order valence-electron chi connectivity index (χ2n) is 9.84. The third-order valence-electron chi connectivity index (χ3n) is 6.91. The van der Waals surface area contributed by atoms with E-state index in [1.807, 2.05) is 18.3 Å². The van der Waals surface area contributed by atoms with E-state index in [9.17, 15) is 14.4 Å². The van der Waals surface area contributed by atoms with Crippen molar-refractivity contribution in [2.45, 2.75) is 58.7 Å². The number of amides is 3. The Morgan fingerprint density at radius 1 is 1.16 bits per heavy atom. The van der Waals surface area contributed by atoms with Crippen LogP contribution in [0.3, 0.4) is 0 Å². The molecule has 1 unspecified atom stereocenters. The molecule has 0 saturated carbocycles. The zero-order valence-corrected chi connectivity index (χ0v) is 18.5. The van der Waals surface area contributed by atoms with Gasteiger partial charge in [0.25, 0.3) is 5.91 Å². The number of aromatic nitrogens is 3. The molecule has 32 heavy (non-hydrogen) atoms. The topological polar surface area (TPSA) is 100 Å². The first-order valence-corrected chi connectivity index (χ1v) is 11.2. The van der Waals surface area contributed by atoms with Gasteiger partial charge in [0.2, 0.25) is 11.8 Å². The summed E-state index contributed by atoms with van der Waals surface area (Å²) < 4.78 is 1.74. The summed E-state index contributed by atoms with van der Waals surface area (Å²) in [6.45, 7) is 7.90. The van der Waals surface area contributed by atoms with Gasteiger partial charge in [-0.25, -0.2) is 4.68 Å². The molecule has 0 radical (unpaired) electrons. The number of hydrogen-bond donors (Lipinski definition) is 1. The molecule has 0 aliphatic carbocycles. The molecule has 3 amide bonds. The van der Waals surface area contributed by atoms with Crippen molar-refractivity contribution in [3.63, 3.8) is 0 Å². The van der Waals surface area contributed by atoms with E-state index >= 15 is 0 Å². The lowest BCUT2D eigenvalue weighted by Gasteiger charge is -2.36. The average Bonchev–Trinajstić information content (AvgIpc) is 3.34. The minimum atomic E-state index is -0.608. The summed E-state index contributed by atoms with van der Waals surface area (Å²) >= 11 is 0. The standard InChI is InChI=1S/C23H28N6O3/c1-23(2)7-9-27(10-8-23)13-16-14-29(26-25-16)17-3-4-18-15(11-17)12-28(22(18)32)19-5-6-20(30)24-21(19)31/h3-4,11,14,19H,5-10,12-13H2,1-2H3,(H,24,30,31). The summed E-state index contributed by atoms with van der Waals surface area (Å²) in [5, 5.41) is 11.0. The van der Waals surface area contributed by atoms with Crippen molar-refractivity contribution in [1.29, 1.82) is 0 Å². The number of nitrogens with zero attached hydrogens (tertiary/aromatic N) is 5. The predicted molar refractivity (Wildman–Crippen MR) is 116 cm³/mol. The normalized spacial score (nSPS) is 23.4. The Morgan fingerprint density at radius 3 is 2.69 bits per heavy atom. The molecule has 2 fully saturated rings. The predicted octanol–water partition coefficient (Wildman–Crippen LogP) is 1.65. The van der Waals surface area contributed by atoms with E-state index < -0.39 is 11.9 Å². The first-order chi connectivity index (χ1) is 15.3. The lowest BCUT2D eigenvalue weighted by molar-refractivity contribution is -0.136. The first kappa shape index (κ1) is 20.8. The van der Waals surface area contributed by atoms with Crippen molar-refractivity contribution >= 4 is 17.7 Å². The number of fused-ring (bicyclic) bond motifs is 1. The van der Waals surface area contributed by atoms with E-state index in [0.717, 1.165) is 36.6 Å². The summed E-state index contributed by atoms with van der Waals surface area (Å²) in [6, 6.07) is 4.96. The van der Waals surface area contributed by atoms with Crippen LogP contribution in [0.5, 0.6) is 0 Å². The van der Waals surface area contributed by atoms with E-state index in [2.05, 4.69) is 34.4 Å². The van der Waals surface area contributed by atoms with Crippen LogP contribution in [0.15, 0.2) is 24.4 Å². The van der Waals surface area contributed by atoms with Crippen LogP contribution in [0.1, 0.15) is 61.1 Å². The van der Waals surface area contributed by atoms with Crippen LogP contribution in [-0.2, 0) is 22.7 Å². The first-order valence-electron chi connectivity index (χ1n) is 11.2. The van der Waals surface area contributed by atoms with Crippen molar-refractivity contribution in [2.75, 3.05) is 13.1 Å². The van der Waals surface area contributed by atoms with E-state index in [4.69, 9.17) is 0 Å². The Balaban J connectivity index is 1.28. The summed E-state index contributed by atoms with van der Waals surface area (Å²) in [5.41, 5.74) is 3.62. The maximum absolute atomic E-state index is 12.9. The van der Waals surface area contributed by atoms with Gasteiger partial charge >= 0.3 is 0 Å². The molecular weight excluding hydrogens is 408 g/mol. The Labute approximate surface area is 186 Å². The minimum Gasteiger partial charge on any atom is -0.322 e. The highest BCUT2D eigenvalue weighted by Gasteiger charge is 2.39. The second kappa shape index (κ2) is 7.81. The number of benzene rings is 1. The molecule has 2 saturated heterocycles. The number of piperidine rings is 2. The van der Waals surface area contributed by atoms with Gasteiger partial charge in [-0.3, -0.25) is 24.6 Å². The summed E-state index contributed by atoms with van der Waals surface area (Å²) in [7, 11) is 0. The van der Waals surface area contributed by atoms with Gasteiger partial charge in [-0.2, -0.15) is 0 Å². The Hall–Kier alpha value is -3.07. The van der Waals surface area contributed by atoms with E-state index in [-0.39, 0.29) is 18.2 Å². The van der Waals surface area contributed by atoms with Crippen LogP contribution >= 0.6 is 0 Å². The molecular formula is C23H28N6O3. The Kier molecular flexibility index (Phi) is 5.08. The van der Waals surface area contributed by atoms with Crippen molar-refractivity contribution in [1.82, 2.24) is 30.1 Å². The maximum Gasteiger partial charge on any atom is 0.255 e. The largest absolute Gasteiger partial charge is 0.322 e. The minimum absolute atomic E-state index is 0.173. The highest BCUT2D eigenvalue weighted by molar-refractivity contribution is 6.05. The molecule has 0 bridgehead atoms. The fourth-order valence-corrected chi connectivity index (χ4v) is 4.75. The van der Waals surface area contributed by atoms with Gasteiger partial charge in [-0.1, -0.05) is 19.1 Å². The van der Waals surface area contributed by atoms with Gasteiger partial charge in [0.15, 0.2) is 0 Å². The number of carbonyl (C=O) groups excluding carboxylic acids is 3. The molecule has 5 rings (SSSR count). The van der Waals surface area contributed by atoms with Gasteiger partial charge in [-0.05, 0) is 61.5 Å². The van der Waals surface area contributed by atoms with Crippen LogP contribution < -0.4 is 5.32 Å². The molecule has 1 N–H and O–H groups in total. The summed E-state index contributed by atoms with van der Waals surface area (Å²) in [6.07, 6.45) is 4.92. The third-order valence-corrected chi connectivity index (χ3v) is 6.91. The highest BCUT2D eigenvalue weighted by Crippen LogP contribution is 2.31. The van der Waals surface area contributed by atoms with Crippen LogP contribution in [0, 0.1) is 5.41 Å². The van der Waals surface area contributed by atoms with Crippen molar-refractivity contribution < 1.29 is 14.4 Å². The number of imide groups is 1. The fourth-order valence-electron chi connectivity index (χ4n) is 4.75. The van der Waals surface area contributed by atoms with Crippen LogP contribution in [0.4, 0.5) is 0 Å². The molecule has 0 spiro atoms. The SMILES string of the molecule is CC1(C)CCN(Cc2cn(-c3ccc4c(c3)CN(C3CCC(=O)NC3=O)C4=O)nn2)CC1. The molecule has 1 aromatic heterocycles. The van der Waals surface area contributed by atoms with Crippen molar-refractivity contribution in [3.05, 3.63) is 41.2 Å². The van der Waals surface area contributed by atoms with Crippen molar-refractivity contribution in [3.8, 4) is 5.69 Å². The quantitative estimate of drug-likeness (QED) is 0.732. The van der Waals surface area contributed by atoms with Crippen LogP contribution in [0.25, 0.3) is 5.69 Å². The number of nitrogens with one attached hydrogen (secondary N) is 1. The van der Waals surface area contributed by atoms with E-state index in [0.29, 0.717) is 23.9 Å². The van der Waals surface area contributed by atoms with Gasteiger partial charge in [-0.15, -0.1) is 5.10 Å². The molecule has 9 heteroatoms. The number of rotatable bonds is 4. The maximum atomic E-state index is 12.9. The average molecular weight is 437 g/mol. The molecule has 168 valence electrons. The second-order valence-corrected chi connectivity index (χ2v) is 9.84. The molecule has 9 nitrogen and oxygen atoms in total. The monoisotopic (exact) mass is 436 g/mol.